The first kappa shape index (κ1) is 19.2. The van der Waals surface area contributed by atoms with Crippen LogP contribution in [0.5, 0.6) is 11.5 Å². The lowest BCUT2D eigenvalue weighted by Crippen LogP contribution is -2.28. The molecule has 0 spiro atoms. The molecule has 0 aliphatic rings. The average Bonchev–Trinajstić information content (AvgIpc) is 3.10. The van der Waals surface area contributed by atoms with Crippen molar-refractivity contribution in [3.05, 3.63) is 40.1 Å². The number of ether oxygens (including phenoxy) is 3. The molecule has 2 aromatic rings. The molecule has 1 aromatic carbocycles. The van der Waals surface area contributed by atoms with Gasteiger partial charge in [0.25, 0.3) is 0 Å². The minimum Gasteiger partial charge on any atom is -0.497 e. The van der Waals surface area contributed by atoms with Gasteiger partial charge in [0.05, 0.1) is 21.3 Å². The van der Waals surface area contributed by atoms with Crippen LogP contribution in [0.25, 0.3) is 0 Å². The lowest BCUT2D eigenvalue weighted by molar-refractivity contribution is 0.0602. The molecule has 9 heteroatoms. The Hall–Kier alpha value is -2.10. The van der Waals surface area contributed by atoms with Crippen LogP contribution < -0.4 is 14.2 Å². The first-order valence-electron chi connectivity index (χ1n) is 7.24. The SMILES string of the molecule is COC(=O)c1sccc1S(=O)(=O)NC(C)c1cc(OC)ccc1OC. The number of hydrogen-bond donors (Lipinski definition) is 1. The Morgan fingerprint density at radius 3 is 2.48 bits per heavy atom. The number of methoxy groups -OCH3 is 3. The summed E-state index contributed by atoms with van der Waals surface area (Å²) in [6.07, 6.45) is 0. The number of carbonyl (C=O) groups is 1. The fourth-order valence-electron chi connectivity index (χ4n) is 2.29. The van der Waals surface area contributed by atoms with E-state index in [1.54, 1.807) is 25.1 Å². The van der Waals surface area contributed by atoms with E-state index in [9.17, 15) is 13.2 Å². The second-order valence-electron chi connectivity index (χ2n) is 5.06. The molecule has 1 unspecified atom stereocenters. The van der Waals surface area contributed by atoms with Crippen molar-refractivity contribution in [2.24, 2.45) is 0 Å². The Bertz CT molecular complexity index is 859. The van der Waals surface area contributed by atoms with Crippen molar-refractivity contribution >= 4 is 27.3 Å². The zero-order chi connectivity index (χ0) is 18.6. The van der Waals surface area contributed by atoms with Crippen LogP contribution in [0.1, 0.15) is 28.2 Å². The maximum atomic E-state index is 12.7. The highest BCUT2D eigenvalue weighted by molar-refractivity contribution is 7.89. The zero-order valence-corrected chi connectivity index (χ0v) is 15.9. The lowest BCUT2D eigenvalue weighted by Gasteiger charge is -2.18. The molecule has 1 aromatic heterocycles. The van der Waals surface area contributed by atoms with E-state index in [4.69, 9.17) is 9.47 Å². The van der Waals surface area contributed by atoms with E-state index in [2.05, 4.69) is 9.46 Å². The van der Waals surface area contributed by atoms with E-state index >= 15 is 0 Å². The topological polar surface area (TPSA) is 90.9 Å². The molecule has 7 nitrogen and oxygen atoms in total. The fourth-order valence-corrected chi connectivity index (χ4v) is 4.85. The molecule has 1 heterocycles. The third-order valence-corrected chi connectivity index (χ3v) is 6.13. The van der Waals surface area contributed by atoms with Gasteiger partial charge >= 0.3 is 5.97 Å². The Morgan fingerprint density at radius 1 is 1.16 bits per heavy atom. The molecule has 0 saturated carbocycles. The van der Waals surface area contributed by atoms with Crippen LogP contribution in [-0.2, 0) is 14.8 Å². The first-order chi connectivity index (χ1) is 11.8. The van der Waals surface area contributed by atoms with E-state index in [0.29, 0.717) is 17.1 Å². The largest absolute Gasteiger partial charge is 0.497 e. The number of carbonyl (C=O) groups excluding carboxylic acids is 1. The molecule has 0 amide bonds. The quantitative estimate of drug-likeness (QED) is 0.737. The second-order valence-corrected chi connectivity index (χ2v) is 7.65. The summed E-state index contributed by atoms with van der Waals surface area (Å²) < 4.78 is 43.0. The van der Waals surface area contributed by atoms with Crippen molar-refractivity contribution in [2.45, 2.75) is 17.9 Å². The van der Waals surface area contributed by atoms with Gasteiger partial charge in [-0.3, -0.25) is 0 Å². The predicted octanol–water partition coefficient (Wildman–Crippen LogP) is 2.59. The molecule has 0 aliphatic heterocycles. The molecule has 0 bridgehead atoms. The summed E-state index contributed by atoms with van der Waals surface area (Å²) >= 11 is 1.01. The predicted molar refractivity (Wildman–Crippen MR) is 93.9 cm³/mol. The van der Waals surface area contributed by atoms with Gasteiger partial charge in [-0.05, 0) is 36.6 Å². The lowest BCUT2D eigenvalue weighted by atomic mass is 10.1. The Morgan fingerprint density at radius 2 is 1.88 bits per heavy atom. The normalized spacial score (nSPS) is 12.5. The van der Waals surface area contributed by atoms with E-state index in [1.807, 2.05) is 0 Å². The smallest absolute Gasteiger partial charge is 0.349 e. The van der Waals surface area contributed by atoms with Crippen LogP contribution in [0.3, 0.4) is 0 Å². The van der Waals surface area contributed by atoms with Crippen molar-refractivity contribution in [1.29, 1.82) is 0 Å². The summed E-state index contributed by atoms with van der Waals surface area (Å²) in [6.45, 7) is 1.68. The van der Waals surface area contributed by atoms with Crippen molar-refractivity contribution in [1.82, 2.24) is 4.72 Å². The third-order valence-electron chi connectivity index (χ3n) is 3.52. The number of benzene rings is 1. The summed E-state index contributed by atoms with van der Waals surface area (Å²) in [7, 11) is 0.296. The first-order valence-corrected chi connectivity index (χ1v) is 9.60. The van der Waals surface area contributed by atoms with Gasteiger partial charge in [-0.25, -0.2) is 17.9 Å². The maximum Gasteiger partial charge on any atom is 0.349 e. The highest BCUT2D eigenvalue weighted by atomic mass is 32.2. The minimum atomic E-state index is -3.93. The summed E-state index contributed by atoms with van der Waals surface area (Å²) in [5.74, 6) is 0.407. The van der Waals surface area contributed by atoms with Crippen LogP contribution in [0.4, 0.5) is 0 Å². The molecular weight excluding hydrogens is 366 g/mol. The number of esters is 1. The number of rotatable bonds is 7. The monoisotopic (exact) mass is 385 g/mol. The van der Waals surface area contributed by atoms with E-state index in [-0.39, 0.29) is 9.77 Å². The van der Waals surface area contributed by atoms with E-state index < -0.39 is 22.0 Å². The van der Waals surface area contributed by atoms with E-state index in [0.717, 1.165) is 11.3 Å². The summed E-state index contributed by atoms with van der Waals surface area (Å²) in [5, 5.41) is 1.53. The van der Waals surface area contributed by atoms with Gasteiger partial charge in [-0.15, -0.1) is 11.3 Å². The second kappa shape index (κ2) is 7.85. The van der Waals surface area contributed by atoms with Gasteiger partial charge in [0.15, 0.2) is 0 Å². The molecule has 0 aliphatic carbocycles. The number of sulfonamides is 1. The zero-order valence-electron chi connectivity index (χ0n) is 14.2. The Kier molecular flexibility index (Phi) is 6.04. The van der Waals surface area contributed by atoms with Gasteiger partial charge in [0.1, 0.15) is 21.3 Å². The highest BCUT2D eigenvalue weighted by Crippen LogP contribution is 2.31. The van der Waals surface area contributed by atoms with Gasteiger partial charge in [0, 0.05) is 11.6 Å². The average molecular weight is 385 g/mol. The molecule has 0 fully saturated rings. The summed E-state index contributed by atoms with van der Waals surface area (Å²) in [5.41, 5.74) is 0.611. The number of thiophene rings is 1. The standard InChI is InChI=1S/C16H19NO6S2/c1-10(12-9-11(21-2)5-6-13(12)22-3)17-25(19,20)14-7-8-24-15(14)16(18)23-4/h5-10,17H,1-4H3. The minimum absolute atomic E-state index is 0.0276. The van der Waals surface area contributed by atoms with Crippen molar-refractivity contribution < 1.29 is 27.4 Å². The highest BCUT2D eigenvalue weighted by Gasteiger charge is 2.27. The molecule has 0 radical (unpaired) electrons. The van der Waals surface area contributed by atoms with Crippen LogP contribution in [0.15, 0.2) is 34.5 Å². The van der Waals surface area contributed by atoms with Crippen LogP contribution in [-0.4, -0.2) is 35.7 Å². The molecule has 1 atom stereocenters. The van der Waals surface area contributed by atoms with E-state index in [1.165, 1.54) is 32.8 Å². The van der Waals surface area contributed by atoms with Crippen molar-refractivity contribution in [3.8, 4) is 11.5 Å². The van der Waals surface area contributed by atoms with Crippen LogP contribution in [0.2, 0.25) is 0 Å². The van der Waals surface area contributed by atoms with Gasteiger partial charge in [-0.1, -0.05) is 0 Å². The molecule has 25 heavy (non-hydrogen) atoms. The number of nitrogens with one attached hydrogen (secondary N) is 1. The third kappa shape index (κ3) is 4.12. The fraction of sp³-hybridized carbons (Fsp3) is 0.312. The molecular formula is C16H19NO6S2. The maximum absolute atomic E-state index is 12.7. The molecule has 136 valence electrons. The van der Waals surface area contributed by atoms with Crippen LogP contribution >= 0.6 is 11.3 Å². The molecule has 2 rings (SSSR count). The van der Waals surface area contributed by atoms with Crippen molar-refractivity contribution in [2.75, 3.05) is 21.3 Å². The Balaban J connectivity index is 2.36. The van der Waals surface area contributed by atoms with Gasteiger partial charge in [0.2, 0.25) is 10.0 Å². The van der Waals surface area contributed by atoms with Crippen LogP contribution in [0, 0.1) is 0 Å². The molecule has 0 saturated heterocycles. The van der Waals surface area contributed by atoms with Crippen molar-refractivity contribution in [3.63, 3.8) is 0 Å². The summed E-state index contributed by atoms with van der Waals surface area (Å²) in [6, 6.07) is 5.87. The van der Waals surface area contributed by atoms with Gasteiger partial charge < -0.3 is 14.2 Å². The Labute approximate surface area is 150 Å². The molecule has 1 N–H and O–H groups in total. The summed E-state index contributed by atoms with van der Waals surface area (Å²) in [4.78, 5) is 11.7. The van der Waals surface area contributed by atoms with Gasteiger partial charge in [-0.2, -0.15) is 0 Å². The number of hydrogen-bond acceptors (Lipinski definition) is 7.